The van der Waals surface area contributed by atoms with Crippen LogP contribution in [0, 0.1) is 20.8 Å². The van der Waals surface area contributed by atoms with E-state index in [1.165, 1.54) is 7.11 Å². The zero-order valence-corrected chi connectivity index (χ0v) is 11.9. The van der Waals surface area contributed by atoms with Crippen LogP contribution in [0.5, 0.6) is 5.75 Å². The number of hydrogen-bond donors (Lipinski definition) is 1. The number of halogens is 1. The average molecular weight is 299 g/mol. The maximum Gasteiger partial charge on any atom is 0.335 e. The van der Waals surface area contributed by atoms with Crippen molar-refractivity contribution in [3.8, 4) is 5.75 Å². The minimum absolute atomic E-state index is 0.0446. The van der Waals surface area contributed by atoms with Crippen LogP contribution >= 0.6 is 15.9 Å². The first kappa shape index (κ1) is 13.8. The van der Waals surface area contributed by atoms with E-state index in [0.717, 1.165) is 21.2 Å². The summed E-state index contributed by atoms with van der Waals surface area (Å²) < 4.78 is 6.22. The molecule has 3 nitrogen and oxygen atoms in total. The summed E-state index contributed by atoms with van der Waals surface area (Å²) in [7, 11) is 1.54. The van der Waals surface area contributed by atoms with Crippen LogP contribution in [0.2, 0.25) is 0 Å². The fourth-order valence-corrected chi connectivity index (χ4v) is 2.30. The van der Waals surface area contributed by atoms with Crippen LogP contribution in [0.1, 0.15) is 22.3 Å². The summed E-state index contributed by atoms with van der Waals surface area (Å²) in [6.07, 6.45) is 0. The first-order chi connectivity index (χ1) is 7.82. The van der Waals surface area contributed by atoms with Crippen molar-refractivity contribution < 1.29 is 14.6 Å². The third-order valence-corrected chi connectivity index (χ3v) is 4.12. The van der Waals surface area contributed by atoms with E-state index >= 15 is 0 Å². The molecule has 0 saturated heterocycles. The number of aliphatic carboxylic acids is 1. The van der Waals surface area contributed by atoms with Gasteiger partial charge in [0.2, 0.25) is 0 Å². The Morgan fingerprint density at radius 2 is 1.76 bits per heavy atom. The Balaban J connectivity index is 3.70. The molecule has 0 spiro atoms. The second-order valence-corrected chi connectivity index (χ2v) is 4.67. The van der Waals surface area contributed by atoms with Gasteiger partial charge in [-0.15, -0.1) is 0 Å². The highest BCUT2D eigenvalue weighted by Crippen LogP contribution is 2.39. The Hall–Kier alpha value is -1.29. The molecule has 1 aromatic rings. The van der Waals surface area contributed by atoms with E-state index in [1.54, 1.807) is 0 Å². The Morgan fingerprint density at radius 1 is 1.24 bits per heavy atom. The van der Waals surface area contributed by atoms with Crippen LogP contribution in [-0.4, -0.2) is 18.2 Å². The van der Waals surface area contributed by atoms with Crippen LogP contribution < -0.4 is 4.74 Å². The lowest BCUT2D eigenvalue weighted by atomic mass is 9.94. The molecule has 0 saturated carbocycles. The summed E-state index contributed by atoms with van der Waals surface area (Å²) in [4.78, 5) is 11.1. The molecule has 0 fully saturated rings. The number of benzene rings is 1. The summed E-state index contributed by atoms with van der Waals surface area (Å²) in [6.45, 7) is 9.32. The van der Waals surface area contributed by atoms with Crippen LogP contribution in [0.4, 0.5) is 0 Å². The van der Waals surface area contributed by atoms with E-state index in [4.69, 9.17) is 9.84 Å². The van der Waals surface area contributed by atoms with Gasteiger partial charge in [-0.05, 0) is 37.5 Å². The van der Waals surface area contributed by atoms with Crippen molar-refractivity contribution in [2.45, 2.75) is 20.8 Å². The SMILES string of the molecule is C=C(C(=O)O)c1c(C)c(Br)c(C)c(C)c1OC. The van der Waals surface area contributed by atoms with Gasteiger partial charge in [-0.25, -0.2) is 4.79 Å². The summed E-state index contributed by atoms with van der Waals surface area (Å²) in [5.41, 5.74) is 3.39. The molecule has 0 aliphatic carbocycles. The van der Waals surface area contributed by atoms with Crippen molar-refractivity contribution >= 4 is 27.5 Å². The lowest BCUT2D eigenvalue weighted by molar-refractivity contribution is -0.130. The van der Waals surface area contributed by atoms with Crippen molar-refractivity contribution in [1.82, 2.24) is 0 Å². The molecule has 0 radical (unpaired) electrons. The Labute approximate surface area is 109 Å². The van der Waals surface area contributed by atoms with Crippen molar-refractivity contribution in [2.75, 3.05) is 7.11 Å². The molecular formula is C13H15BrO3. The molecule has 17 heavy (non-hydrogen) atoms. The molecule has 0 aliphatic heterocycles. The lowest BCUT2D eigenvalue weighted by Gasteiger charge is -2.18. The van der Waals surface area contributed by atoms with Crippen molar-refractivity contribution in [1.29, 1.82) is 0 Å². The summed E-state index contributed by atoms with van der Waals surface area (Å²) in [5.74, 6) is -0.461. The van der Waals surface area contributed by atoms with Crippen molar-refractivity contribution in [2.24, 2.45) is 0 Å². The smallest absolute Gasteiger partial charge is 0.335 e. The maximum atomic E-state index is 11.1. The third-order valence-electron chi connectivity index (χ3n) is 2.93. The van der Waals surface area contributed by atoms with Crippen LogP contribution in [0.3, 0.4) is 0 Å². The van der Waals surface area contributed by atoms with Gasteiger partial charge in [-0.1, -0.05) is 22.5 Å². The Kier molecular flexibility index (Phi) is 3.98. The third kappa shape index (κ3) is 2.22. The van der Waals surface area contributed by atoms with Gasteiger partial charge in [0, 0.05) is 10.0 Å². The van der Waals surface area contributed by atoms with Crippen molar-refractivity contribution in [3.05, 3.63) is 33.3 Å². The lowest BCUT2D eigenvalue weighted by Crippen LogP contribution is -2.06. The van der Waals surface area contributed by atoms with E-state index in [-0.39, 0.29) is 5.57 Å². The van der Waals surface area contributed by atoms with Gasteiger partial charge in [0.15, 0.2) is 0 Å². The van der Waals surface area contributed by atoms with Gasteiger partial charge in [0.1, 0.15) is 5.75 Å². The summed E-state index contributed by atoms with van der Waals surface area (Å²) >= 11 is 3.47. The molecule has 0 bridgehead atoms. The molecule has 1 rings (SSSR count). The van der Waals surface area contributed by atoms with E-state index in [2.05, 4.69) is 22.5 Å². The monoisotopic (exact) mass is 298 g/mol. The first-order valence-electron chi connectivity index (χ1n) is 5.08. The topological polar surface area (TPSA) is 46.5 Å². The summed E-state index contributed by atoms with van der Waals surface area (Å²) in [5, 5.41) is 9.06. The number of carboxylic acid groups (broad SMARTS) is 1. The largest absolute Gasteiger partial charge is 0.496 e. The number of carboxylic acids is 1. The zero-order chi connectivity index (χ0) is 13.3. The minimum Gasteiger partial charge on any atom is -0.496 e. The van der Waals surface area contributed by atoms with E-state index < -0.39 is 5.97 Å². The normalized spacial score (nSPS) is 10.2. The Morgan fingerprint density at radius 3 is 2.18 bits per heavy atom. The molecule has 1 aromatic carbocycles. The molecular weight excluding hydrogens is 284 g/mol. The molecule has 1 N–H and O–H groups in total. The fourth-order valence-electron chi connectivity index (χ4n) is 1.81. The highest BCUT2D eigenvalue weighted by Gasteiger charge is 2.21. The van der Waals surface area contributed by atoms with Crippen molar-refractivity contribution in [3.63, 3.8) is 0 Å². The van der Waals surface area contributed by atoms with Gasteiger partial charge in [0.25, 0.3) is 0 Å². The van der Waals surface area contributed by atoms with Gasteiger partial charge >= 0.3 is 5.97 Å². The predicted molar refractivity (Wildman–Crippen MR) is 71.6 cm³/mol. The molecule has 0 atom stereocenters. The number of rotatable bonds is 3. The van der Waals surface area contributed by atoms with Gasteiger partial charge in [0.05, 0.1) is 12.7 Å². The maximum absolute atomic E-state index is 11.1. The highest BCUT2D eigenvalue weighted by molar-refractivity contribution is 9.10. The number of ether oxygens (including phenoxy) is 1. The average Bonchev–Trinajstić information content (AvgIpc) is 2.29. The van der Waals surface area contributed by atoms with E-state index in [1.807, 2.05) is 20.8 Å². The predicted octanol–water partition coefficient (Wildman–Crippen LogP) is 3.48. The molecule has 92 valence electrons. The van der Waals surface area contributed by atoms with Crippen LogP contribution in [0.25, 0.3) is 5.57 Å². The molecule has 0 aromatic heterocycles. The van der Waals surface area contributed by atoms with Gasteiger partial charge in [-0.3, -0.25) is 0 Å². The van der Waals surface area contributed by atoms with Crippen LogP contribution in [0.15, 0.2) is 11.1 Å². The van der Waals surface area contributed by atoms with Crippen LogP contribution in [-0.2, 0) is 4.79 Å². The summed E-state index contributed by atoms with van der Waals surface area (Å²) in [6, 6.07) is 0. The molecule has 0 amide bonds. The number of hydrogen-bond acceptors (Lipinski definition) is 2. The highest BCUT2D eigenvalue weighted by atomic mass is 79.9. The Bertz CT molecular complexity index is 504. The number of carbonyl (C=O) groups is 1. The molecule has 0 heterocycles. The second-order valence-electron chi connectivity index (χ2n) is 3.88. The van der Waals surface area contributed by atoms with Gasteiger partial charge < -0.3 is 9.84 Å². The fraction of sp³-hybridized carbons (Fsp3) is 0.308. The quantitative estimate of drug-likeness (QED) is 0.869. The standard InChI is InChI=1S/C13H15BrO3/c1-6-7(2)12(17-5)10(8(3)11(6)14)9(4)13(15)16/h4H2,1-3,5H3,(H,15,16). The molecule has 4 heteroatoms. The van der Waals surface area contributed by atoms with Gasteiger partial charge in [-0.2, -0.15) is 0 Å². The first-order valence-corrected chi connectivity index (χ1v) is 5.88. The zero-order valence-electron chi connectivity index (χ0n) is 10.3. The molecule has 0 unspecified atom stereocenters. The second kappa shape index (κ2) is 4.92. The van der Waals surface area contributed by atoms with E-state index in [9.17, 15) is 4.79 Å². The minimum atomic E-state index is -1.04. The number of methoxy groups -OCH3 is 1. The molecule has 0 aliphatic rings. The van der Waals surface area contributed by atoms with E-state index in [0.29, 0.717) is 11.3 Å².